The summed E-state index contributed by atoms with van der Waals surface area (Å²) >= 11 is 2.30. The second-order valence-corrected chi connectivity index (χ2v) is 7.92. The molecule has 1 saturated heterocycles. The summed E-state index contributed by atoms with van der Waals surface area (Å²) in [6.07, 6.45) is 1.38. The molecule has 2 aliphatic heterocycles. The number of rotatable bonds is 8. The van der Waals surface area contributed by atoms with Crippen molar-refractivity contribution in [3.05, 3.63) is 35.0 Å². The maximum absolute atomic E-state index is 12.7. The van der Waals surface area contributed by atoms with Gasteiger partial charge in [0.25, 0.3) is 11.8 Å². The fraction of sp³-hybridized carbons (Fsp3) is 0.250. The van der Waals surface area contributed by atoms with Crippen molar-refractivity contribution in [1.29, 1.82) is 0 Å². The van der Waals surface area contributed by atoms with Crippen molar-refractivity contribution in [3.63, 3.8) is 0 Å². The van der Waals surface area contributed by atoms with Gasteiger partial charge in [-0.05, 0) is 5.57 Å². The molecule has 3 rings (SSSR count). The van der Waals surface area contributed by atoms with Gasteiger partial charge in [-0.3, -0.25) is 14.5 Å². The van der Waals surface area contributed by atoms with E-state index in [1.165, 1.54) is 23.2 Å². The number of thioether (sulfide) groups is 1. The number of β-lactam (4-membered cyclic amide) rings is 1. The largest absolute Gasteiger partial charge is 0.479 e. The first-order valence-corrected chi connectivity index (χ1v) is 10.1. The van der Waals surface area contributed by atoms with Crippen LogP contribution in [0.4, 0.5) is 5.13 Å². The number of nitrogens with one attached hydrogen (secondary N) is 1. The van der Waals surface area contributed by atoms with E-state index in [0.717, 1.165) is 16.2 Å². The van der Waals surface area contributed by atoms with E-state index < -0.39 is 41.8 Å². The zero-order valence-corrected chi connectivity index (χ0v) is 19.7. The summed E-state index contributed by atoms with van der Waals surface area (Å²) in [6, 6.07) is -1.01. The minimum Gasteiger partial charge on any atom is -0.479 e. The van der Waals surface area contributed by atoms with Crippen LogP contribution in [0.1, 0.15) is 5.69 Å². The Morgan fingerprint density at radius 3 is 2.71 bits per heavy atom. The number of nitrogen functional groups attached to an aromatic ring is 1. The molecule has 5 N–H and O–H groups in total. The van der Waals surface area contributed by atoms with Crippen LogP contribution in [0, 0.1) is 0 Å². The number of carboxylic acids is 2. The molecule has 0 aliphatic carbocycles. The Morgan fingerprint density at radius 1 is 1.45 bits per heavy atom. The molecular formula is C16H15N5NaO7S2. The molecule has 15 heteroatoms. The van der Waals surface area contributed by atoms with Gasteiger partial charge in [0, 0.05) is 40.7 Å². The van der Waals surface area contributed by atoms with Gasteiger partial charge in [-0.15, -0.1) is 23.1 Å². The number of anilines is 1. The van der Waals surface area contributed by atoms with Crippen molar-refractivity contribution < 1.29 is 34.2 Å². The van der Waals surface area contributed by atoms with Gasteiger partial charge in [0.2, 0.25) is 6.61 Å². The van der Waals surface area contributed by atoms with Gasteiger partial charge in [0.05, 0.1) is 0 Å². The van der Waals surface area contributed by atoms with Gasteiger partial charge >= 0.3 is 11.9 Å². The number of nitrogens with zero attached hydrogens (tertiary/aromatic N) is 3. The number of carboxylic acid groups (broad SMARTS) is 2. The monoisotopic (exact) mass is 476 g/mol. The molecule has 3 heterocycles. The molecule has 12 nitrogen and oxygen atoms in total. The van der Waals surface area contributed by atoms with Crippen LogP contribution < -0.4 is 11.1 Å². The van der Waals surface area contributed by atoms with Crippen LogP contribution in [0.5, 0.6) is 0 Å². The quantitative estimate of drug-likeness (QED) is 0.158. The van der Waals surface area contributed by atoms with Crippen LogP contribution in [0.2, 0.25) is 0 Å². The number of amides is 2. The molecule has 1 radical (unpaired) electrons. The Bertz CT molecular complexity index is 1010. The van der Waals surface area contributed by atoms with Crippen LogP contribution in [-0.2, 0) is 24.0 Å². The first kappa shape index (κ1) is 24.9. The van der Waals surface area contributed by atoms with E-state index in [4.69, 9.17) is 10.8 Å². The van der Waals surface area contributed by atoms with E-state index in [-0.39, 0.29) is 51.8 Å². The van der Waals surface area contributed by atoms with Crippen LogP contribution in [0.25, 0.3) is 0 Å². The van der Waals surface area contributed by atoms with Crippen LogP contribution in [0.15, 0.2) is 34.5 Å². The predicted octanol–water partition coefficient (Wildman–Crippen LogP) is -0.926. The number of nitrogens with two attached hydrogens (primary N) is 1. The van der Waals surface area contributed by atoms with Gasteiger partial charge < -0.3 is 26.1 Å². The van der Waals surface area contributed by atoms with Gasteiger partial charge in [-0.2, -0.15) is 0 Å². The molecule has 1 aromatic rings. The Labute approximate surface area is 205 Å². The van der Waals surface area contributed by atoms with Gasteiger partial charge in [-0.1, -0.05) is 17.8 Å². The second-order valence-electron chi connectivity index (χ2n) is 5.92. The predicted molar refractivity (Wildman–Crippen MR) is 112 cm³/mol. The summed E-state index contributed by atoms with van der Waals surface area (Å²) in [7, 11) is 0. The molecule has 31 heavy (non-hydrogen) atoms. The molecule has 2 atom stereocenters. The molecule has 0 saturated carbocycles. The van der Waals surface area contributed by atoms with Gasteiger partial charge in [0.1, 0.15) is 22.8 Å². The summed E-state index contributed by atoms with van der Waals surface area (Å²) in [4.78, 5) is 57.1. The maximum atomic E-state index is 12.7. The fourth-order valence-corrected chi connectivity index (χ4v) is 4.65. The van der Waals surface area contributed by atoms with Crippen LogP contribution in [-0.4, -0.2) is 103 Å². The number of carbonyl (C=O) groups excluding carboxylic acids is 2. The summed E-state index contributed by atoms with van der Waals surface area (Å²) < 4.78 is 0. The molecule has 0 unspecified atom stereocenters. The number of aliphatic carboxylic acids is 2. The van der Waals surface area contributed by atoms with Crippen LogP contribution >= 0.6 is 23.1 Å². The van der Waals surface area contributed by atoms with Gasteiger partial charge in [-0.25, -0.2) is 14.6 Å². The van der Waals surface area contributed by atoms with Crippen molar-refractivity contribution in [2.24, 2.45) is 5.16 Å². The van der Waals surface area contributed by atoms with E-state index in [2.05, 4.69) is 26.9 Å². The number of hydrogen-bond donors (Lipinski definition) is 4. The molecule has 159 valence electrons. The third-order valence-electron chi connectivity index (χ3n) is 4.06. The minimum absolute atomic E-state index is 0. The average Bonchev–Trinajstić information content (AvgIpc) is 3.13. The zero-order chi connectivity index (χ0) is 22.0. The van der Waals surface area contributed by atoms with E-state index in [9.17, 15) is 24.3 Å². The normalized spacial score (nSPS) is 20.2. The van der Waals surface area contributed by atoms with E-state index in [0.29, 0.717) is 11.3 Å². The van der Waals surface area contributed by atoms with Crippen molar-refractivity contribution in [2.45, 2.75) is 11.4 Å². The minimum atomic E-state index is -1.30. The van der Waals surface area contributed by atoms with Crippen molar-refractivity contribution in [3.8, 4) is 0 Å². The molecule has 0 aromatic carbocycles. The summed E-state index contributed by atoms with van der Waals surface area (Å²) in [6.45, 7) is 2.77. The third-order valence-corrected chi connectivity index (χ3v) is 6.03. The number of oxime groups is 1. The number of thiazole rings is 1. The first-order valence-electron chi connectivity index (χ1n) is 8.22. The number of carbonyl (C=O) groups is 4. The van der Waals surface area contributed by atoms with E-state index >= 15 is 0 Å². The SMILES string of the molecule is C=CC1=C(C(=O)O)N2C(=O)[C@H](NC(=O)/C(=N\OCC(=O)O)c3csc(N)n3)[C@H]2SC1.[Na]. The van der Waals surface area contributed by atoms with Crippen LogP contribution in [0.3, 0.4) is 0 Å². The topological polar surface area (TPSA) is 185 Å². The molecule has 2 amide bonds. The number of fused-ring (bicyclic) bond motifs is 1. The second kappa shape index (κ2) is 10.3. The van der Waals surface area contributed by atoms with Crippen molar-refractivity contribution in [2.75, 3.05) is 18.1 Å². The molecule has 2 aliphatic rings. The van der Waals surface area contributed by atoms with E-state index in [1.54, 1.807) is 0 Å². The first-order chi connectivity index (χ1) is 14.2. The summed E-state index contributed by atoms with van der Waals surface area (Å²) in [5, 5.41) is 25.0. The fourth-order valence-electron chi connectivity index (χ4n) is 2.76. The van der Waals surface area contributed by atoms with Crippen molar-refractivity contribution in [1.82, 2.24) is 15.2 Å². The van der Waals surface area contributed by atoms with Gasteiger partial charge in [0.15, 0.2) is 10.8 Å². The van der Waals surface area contributed by atoms with Crippen molar-refractivity contribution >= 4 is 87.3 Å². The Kier molecular flexibility index (Phi) is 8.25. The smallest absolute Gasteiger partial charge is 0.352 e. The molecule has 0 spiro atoms. The maximum Gasteiger partial charge on any atom is 0.352 e. The molecular weight excluding hydrogens is 461 g/mol. The molecule has 0 bridgehead atoms. The standard InChI is InChI=1S/C16H15N5O7S2.Na/c1-2-6-4-29-14-10(13(25)21(14)11(6)15(26)27)19-12(24)9(20-28-3-8(22)23)7-5-30-16(17)18-7;/h2,5,10,14H,1,3-4H2,(H2,17,18)(H,19,24)(H,22,23)(H,26,27);/b20-9-;/t10-,14+;/m0./s1. The summed E-state index contributed by atoms with van der Waals surface area (Å²) in [5.41, 5.74) is 5.48. The zero-order valence-electron chi connectivity index (χ0n) is 16.1. The molecule has 1 fully saturated rings. The summed E-state index contributed by atoms with van der Waals surface area (Å²) in [5.74, 6) is -3.72. The Hall–Kier alpha value is -2.39. The third kappa shape index (κ3) is 5.10. The molecule has 1 aromatic heterocycles. The Morgan fingerprint density at radius 2 is 2.16 bits per heavy atom. The Balaban J connectivity index is 0.00000341. The number of aromatic nitrogens is 1. The number of allylic oxidation sites excluding steroid dienone is 1. The number of hydrogen-bond acceptors (Lipinski definition) is 10. The van der Waals surface area contributed by atoms with E-state index in [1.807, 2.05) is 0 Å². The average molecular weight is 476 g/mol.